The molecule has 0 spiro atoms. The Balaban J connectivity index is 3.50. The van der Waals surface area contributed by atoms with E-state index in [4.69, 9.17) is 0 Å². The van der Waals surface area contributed by atoms with E-state index >= 15 is 0 Å². The van der Waals surface area contributed by atoms with E-state index in [0.717, 1.165) is 14.5 Å². The molecule has 0 fully saturated rings. The summed E-state index contributed by atoms with van der Waals surface area (Å²) < 4.78 is 1.62. The molecule has 0 saturated heterocycles. The van der Waals surface area contributed by atoms with Crippen molar-refractivity contribution < 1.29 is 4.92 Å². The van der Waals surface area contributed by atoms with Crippen LogP contribution in [-0.4, -0.2) is 4.92 Å². The van der Waals surface area contributed by atoms with Crippen LogP contribution in [0.25, 0.3) is 0 Å². The fourth-order valence-electron chi connectivity index (χ4n) is 1.02. The Labute approximate surface area is 92.5 Å². The molecule has 0 saturated carbocycles. The quantitative estimate of drug-likeness (QED) is 0.586. The molecule has 0 heterocycles. The standard InChI is InChI=1S/C8H7Br2NO2/c1-4-3-6(11(12)13)5(2)8(10)7(4)9/h3H,1-2H3. The minimum atomic E-state index is -0.375. The first-order valence-electron chi connectivity index (χ1n) is 3.54. The predicted molar refractivity (Wildman–Crippen MR) is 58.0 cm³/mol. The predicted octanol–water partition coefficient (Wildman–Crippen LogP) is 3.74. The minimum absolute atomic E-state index is 0.146. The highest BCUT2D eigenvalue weighted by Gasteiger charge is 2.16. The van der Waals surface area contributed by atoms with E-state index in [2.05, 4.69) is 31.9 Å². The summed E-state index contributed by atoms with van der Waals surface area (Å²) in [5, 5.41) is 10.6. The van der Waals surface area contributed by atoms with Crippen molar-refractivity contribution in [1.29, 1.82) is 0 Å². The number of rotatable bonds is 1. The summed E-state index contributed by atoms with van der Waals surface area (Å²) in [6.45, 7) is 3.54. The van der Waals surface area contributed by atoms with Gasteiger partial charge >= 0.3 is 0 Å². The first kappa shape index (κ1) is 10.7. The minimum Gasteiger partial charge on any atom is -0.258 e. The summed E-state index contributed by atoms with van der Waals surface area (Å²) >= 11 is 6.64. The van der Waals surface area contributed by atoms with Crippen molar-refractivity contribution in [1.82, 2.24) is 0 Å². The maximum Gasteiger partial charge on any atom is 0.273 e. The van der Waals surface area contributed by atoms with Gasteiger partial charge in [-0.05, 0) is 51.3 Å². The highest BCUT2D eigenvalue weighted by molar-refractivity contribution is 9.13. The fourth-order valence-corrected chi connectivity index (χ4v) is 1.94. The van der Waals surface area contributed by atoms with Crippen LogP contribution in [-0.2, 0) is 0 Å². The molecule has 0 N–H and O–H groups in total. The van der Waals surface area contributed by atoms with E-state index in [1.54, 1.807) is 13.0 Å². The molecule has 0 aromatic heterocycles. The van der Waals surface area contributed by atoms with Gasteiger partial charge < -0.3 is 0 Å². The summed E-state index contributed by atoms with van der Waals surface area (Å²) in [7, 11) is 0. The highest BCUT2D eigenvalue weighted by atomic mass is 79.9. The van der Waals surface area contributed by atoms with Crippen LogP contribution in [0, 0.1) is 24.0 Å². The van der Waals surface area contributed by atoms with Crippen LogP contribution in [0.4, 0.5) is 5.69 Å². The smallest absolute Gasteiger partial charge is 0.258 e. The zero-order chi connectivity index (χ0) is 10.2. The second-order valence-electron chi connectivity index (χ2n) is 2.72. The average Bonchev–Trinajstić information content (AvgIpc) is 2.07. The van der Waals surface area contributed by atoms with E-state index in [0.29, 0.717) is 5.56 Å². The van der Waals surface area contributed by atoms with Crippen LogP contribution in [0.2, 0.25) is 0 Å². The van der Waals surface area contributed by atoms with Crippen LogP contribution >= 0.6 is 31.9 Å². The highest BCUT2D eigenvalue weighted by Crippen LogP contribution is 2.35. The Morgan fingerprint density at radius 1 is 1.31 bits per heavy atom. The Hall–Kier alpha value is -0.420. The number of aryl methyl sites for hydroxylation is 1. The van der Waals surface area contributed by atoms with Gasteiger partial charge in [-0.3, -0.25) is 10.1 Å². The Morgan fingerprint density at radius 3 is 2.31 bits per heavy atom. The molecule has 1 rings (SSSR count). The molecule has 0 aliphatic carbocycles. The Kier molecular flexibility index (Phi) is 3.08. The Bertz CT molecular complexity index is 377. The zero-order valence-electron chi connectivity index (χ0n) is 7.10. The monoisotopic (exact) mass is 307 g/mol. The van der Waals surface area contributed by atoms with E-state index in [1.165, 1.54) is 0 Å². The molecule has 0 unspecified atom stereocenters. The molecule has 1 aromatic carbocycles. The lowest BCUT2D eigenvalue weighted by Crippen LogP contribution is -1.94. The summed E-state index contributed by atoms with van der Waals surface area (Å²) in [5.41, 5.74) is 1.64. The third-order valence-electron chi connectivity index (χ3n) is 1.80. The summed E-state index contributed by atoms with van der Waals surface area (Å²) in [5.74, 6) is 0. The molecule has 0 aliphatic heterocycles. The fraction of sp³-hybridized carbons (Fsp3) is 0.250. The molecule has 70 valence electrons. The number of halogens is 2. The molecule has 3 nitrogen and oxygen atoms in total. The summed E-state index contributed by atoms with van der Waals surface area (Å²) in [6, 6.07) is 1.56. The second kappa shape index (κ2) is 3.75. The van der Waals surface area contributed by atoms with Crippen LogP contribution in [0.1, 0.15) is 11.1 Å². The van der Waals surface area contributed by atoms with Gasteiger partial charge in [-0.25, -0.2) is 0 Å². The molecular formula is C8H7Br2NO2. The van der Waals surface area contributed by atoms with E-state index in [-0.39, 0.29) is 10.6 Å². The average molecular weight is 309 g/mol. The molecule has 1 aromatic rings. The van der Waals surface area contributed by atoms with Gasteiger partial charge in [-0.1, -0.05) is 0 Å². The SMILES string of the molecule is Cc1cc([N+](=O)[O-])c(C)c(Br)c1Br. The third-order valence-corrected chi connectivity index (χ3v) is 4.35. The van der Waals surface area contributed by atoms with Gasteiger partial charge in [0.25, 0.3) is 5.69 Å². The molecule has 0 bridgehead atoms. The normalized spacial score (nSPS) is 10.2. The Morgan fingerprint density at radius 2 is 1.85 bits per heavy atom. The first-order valence-corrected chi connectivity index (χ1v) is 5.13. The lowest BCUT2D eigenvalue weighted by atomic mass is 10.1. The van der Waals surface area contributed by atoms with Crippen molar-refractivity contribution in [3.05, 3.63) is 36.3 Å². The van der Waals surface area contributed by atoms with Crippen LogP contribution < -0.4 is 0 Å². The van der Waals surface area contributed by atoms with Gasteiger partial charge in [0.05, 0.1) is 4.92 Å². The van der Waals surface area contributed by atoms with E-state index in [1.807, 2.05) is 6.92 Å². The maximum atomic E-state index is 10.6. The molecule has 5 heteroatoms. The number of nitrogens with zero attached hydrogens (tertiary/aromatic N) is 1. The zero-order valence-corrected chi connectivity index (χ0v) is 10.3. The molecule has 0 radical (unpaired) electrons. The summed E-state index contributed by atoms with van der Waals surface area (Å²) in [4.78, 5) is 10.2. The van der Waals surface area contributed by atoms with Gasteiger partial charge in [-0.15, -0.1) is 0 Å². The largest absolute Gasteiger partial charge is 0.273 e. The second-order valence-corrected chi connectivity index (χ2v) is 4.31. The van der Waals surface area contributed by atoms with E-state index in [9.17, 15) is 10.1 Å². The van der Waals surface area contributed by atoms with Crippen molar-refractivity contribution in [2.75, 3.05) is 0 Å². The topological polar surface area (TPSA) is 43.1 Å². The summed E-state index contributed by atoms with van der Waals surface area (Å²) in [6.07, 6.45) is 0. The number of benzene rings is 1. The molecule has 0 aliphatic rings. The van der Waals surface area contributed by atoms with Crippen molar-refractivity contribution in [3.63, 3.8) is 0 Å². The van der Waals surface area contributed by atoms with Crippen molar-refractivity contribution in [3.8, 4) is 0 Å². The number of nitro benzene ring substituents is 1. The van der Waals surface area contributed by atoms with Crippen molar-refractivity contribution in [2.24, 2.45) is 0 Å². The van der Waals surface area contributed by atoms with Gasteiger partial charge in [0.2, 0.25) is 0 Å². The number of hydrogen-bond acceptors (Lipinski definition) is 2. The van der Waals surface area contributed by atoms with Crippen molar-refractivity contribution >= 4 is 37.5 Å². The lowest BCUT2D eigenvalue weighted by molar-refractivity contribution is -0.385. The molecule has 0 atom stereocenters. The molecule has 13 heavy (non-hydrogen) atoms. The van der Waals surface area contributed by atoms with Crippen LogP contribution in [0.3, 0.4) is 0 Å². The molecular weight excluding hydrogens is 302 g/mol. The number of nitro groups is 1. The van der Waals surface area contributed by atoms with Gasteiger partial charge in [-0.2, -0.15) is 0 Å². The van der Waals surface area contributed by atoms with Gasteiger partial charge in [0, 0.05) is 20.6 Å². The number of hydrogen-bond donors (Lipinski definition) is 0. The van der Waals surface area contributed by atoms with Gasteiger partial charge in [0.15, 0.2) is 0 Å². The van der Waals surface area contributed by atoms with Crippen LogP contribution in [0.15, 0.2) is 15.0 Å². The molecule has 0 amide bonds. The maximum absolute atomic E-state index is 10.6. The first-order chi connectivity index (χ1) is 5.95. The van der Waals surface area contributed by atoms with Crippen molar-refractivity contribution in [2.45, 2.75) is 13.8 Å². The van der Waals surface area contributed by atoms with Crippen LogP contribution in [0.5, 0.6) is 0 Å². The lowest BCUT2D eigenvalue weighted by Gasteiger charge is -2.05. The third kappa shape index (κ3) is 1.91. The van der Waals surface area contributed by atoms with E-state index < -0.39 is 0 Å². The van der Waals surface area contributed by atoms with Gasteiger partial charge in [0.1, 0.15) is 0 Å².